The van der Waals surface area contributed by atoms with Gasteiger partial charge in [0, 0.05) is 23.7 Å². The molecule has 108 valence electrons. The first-order valence-corrected chi connectivity index (χ1v) is 6.91. The van der Waals surface area contributed by atoms with E-state index in [1.165, 1.54) is 18.2 Å². The molecule has 0 saturated carbocycles. The van der Waals surface area contributed by atoms with Gasteiger partial charge in [0.05, 0.1) is 4.92 Å². The standard InChI is InChI=1S/C13H16ClN3O3/c14-9-4-5-12(17(19)20)11(7-9)13(18)16-10-3-1-2-6-15-8-10/h4-5,7,10,15H,1-3,6,8H2,(H,16,18). The molecule has 1 aliphatic heterocycles. The molecule has 1 amide bonds. The van der Waals surface area contributed by atoms with Gasteiger partial charge in [0.25, 0.3) is 11.6 Å². The Labute approximate surface area is 121 Å². The van der Waals surface area contributed by atoms with Crippen LogP contribution in [0.15, 0.2) is 18.2 Å². The van der Waals surface area contributed by atoms with Gasteiger partial charge in [-0.3, -0.25) is 14.9 Å². The molecule has 7 heteroatoms. The topological polar surface area (TPSA) is 84.3 Å². The van der Waals surface area contributed by atoms with Gasteiger partial charge < -0.3 is 10.6 Å². The van der Waals surface area contributed by atoms with Crippen molar-refractivity contribution < 1.29 is 9.72 Å². The number of nitrogens with zero attached hydrogens (tertiary/aromatic N) is 1. The second-order valence-electron chi connectivity index (χ2n) is 4.79. The fourth-order valence-electron chi connectivity index (χ4n) is 2.25. The van der Waals surface area contributed by atoms with Crippen molar-refractivity contribution in [2.45, 2.75) is 25.3 Å². The molecule has 1 saturated heterocycles. The van der Waals surface area contributed by atoms with E-state index in [0.717, 1.165) is 25.8 Å². The zero-order valence-corrected chi connectivity index (χ0v) is 11.7. The number of carbonyl (C=O) groups excluding carboxylic acids is 1. The maximum Gasteiger partial charge on any atom is 0.282 e. The summed E-state index contributed by atoms with van der Waals surface area (Å²) in [5, 5.41) is 17.3. The molecular formula is C13H16ClN3O3. The average Bonchev–Trinajstić information content (AvgIpc) is 2.66. The van der Waals surface area contributed by atoms with Crippen molar-refractivity contribution in [1.29, 1.82) is 0 Å². The van der Waals surface area contributed by atoms with Crippen LogP contribution in [-0.4, -0.2) is 30.0 Å². The Balaban J connectivity index is 2.15. The van der Waals surface area contributed by atoms with Crippen LogP contribution in [0.3, 0.4) is 0 Å². The first kappa shape index (κ1) is 14.7. The molecule has 1 aromatic rings. The predicted molar refractivity (Wildman–Crippen MR) is 76.1 cm³/mol. The second-order valence-corrected chi connectivity index (χ2v) is 5.23. The lowest BCUT2D eigenvalue weighted by atomic mass is 10.1. The van der Waals surface area contributed by atoms with E-state index in [-0.39, 0.29) is 17.3 Å². The number of halogens is 1. The average molecular weight is 298 g/mol. The van der Waals surface area contributed by atoms with E-state index in [2.05, 4.69) is 10.6 Å². The number of nitrogens with one attached hydrogen (secondary N) is 2. The van der Waals surface area contributed by atoms with Crippen LogP contribution in [0.5, 0.6) is 0 Å². The van der Waals surface area contributed by atoms with Crippen LogP contribution in [-0.2, 0) is 0 Å². The molecule has 1 atom stereocenters. The van der Waals surface area contributed by atoms with Crippen molar-refractivity contribution in [1.82, 2.24) is 10.6 Å². The van der Waals surface area contributed by atoms with Crippen LogP contribution >= 0.6 is 11.6 Å². The molecule has 2 N–H and O–H groups in total. The summed E-state index contributed by atoms with van der Waals surface area (Å²) in [5.41, 5.74) is -0.222. The van der Waals surface area contributed by atoms with Gasteiger partial charge in [0.1, 0.15) is 5.56 Å². The summed E-state index contributed by atoms with van der Waals surface area (Å²) >= 11 is 5.82. The smallest absolute Gasteiger partial charge is 0.282 e. The van der Waals surface area contributed by atoms with Gasteiger partial charge in [-0.15, -0.1) is 0 Å². The molecule has 2 rings (SSSR count). The number of hydrogen-bond donors (Lipinski definition) is 2. The highest BCUT2D eigenvalue weighted by molar-refractivity contribution is 6.31. The highest BCUT2D eigenvalue weighted by Gasteiger charge is 2.23. The summed E-state index contributed by atoms with van der Waals surface area (Å²) in [6.45, 7) is 1.61. The maximum atomic E-state index is 12.2. The van der Waals surface area contributed by atoms with Crippen LogP contribution < -0.4 is 10.6 Å². The van der Waals surface area contributed by atoms with Crippen LogP contribution in [0.4, 0.5) is 5.69 Å². The fraction of sp³-hybridized carbons (Fsp3) is 0.462. The molecule has 1 unspecified atom stereocenters. The lowest BCUT2D eigenvalue weighted by molar-refractivity contribution is -0.385. The molecule has 0 radical (unpaired) electrons. The fourth-order valence-corrected chi connectivity index (χ4v) is 2.43. The number of hydrogen-bond acceptors (Lipinski definition) is 4. The molecule has 1 aromatic carbocycles. The molecule has 0 spiro atoms. The first-order valence-electron chi connectivity index (χ1n) is 6.53. The second kappa shape index (κ2) is 6.67. The Morgan fingerprint density at radius 1 is 1.45 bits per heavy atom. The third-order valence-electron chi connectivity index (χ3n) is 3.28. The van der Waals surface area contributed by atoms with Crippen molar-refractivity contribution in [3.8, 4) is 0 Å². The number of carbonyl (C=O) groups is 1. The van der Waals surface area contributed by atoms with Crippen molar-refractivity contribution >= 4 is 23.2 Å². The number of nitro benzene ring substituents is 1. The van der Waals surface area contributed by atoms with E-state index in [9.17, 15) is 14.9 Å². The maximum absolute atomic E-state index is 12.2. The Morgan fingerprint density at radius 2 is 2.25 bits per heavy atom. The van der Waals surface area contributed by atoms with Crippen molar-refractivity contribution in [3.63, 3.8) is 0 Å². The predicted octanol–water partition coefficient (Wildman–Crippen LogP) is 2.12. The van der Waals surface area contributed by atoms with Crippen LogP contribution in [0.25, 0.3) is 0 Å². The third-order valence-corrected chi connectivity index (χ3v) is 3.52. The third kappa shape index (κ3) is 3.68. The van der Waals surface area contributed by atoms with E-state index in [1.807, 2.05) is 0 Å². The van der Waals surface area contributed by atoms with Crippen molar-refractivity contribution in [2.24, 2.45) is 0 Å². The number of nitro groups is 1. The minimum Gasteiger partial charge on any atom is -0.348 e. The Kier molecular flexibility index (Phi) is 4.92. The Morgan fingerprint density at radius 3 is 3.00 bits per heavy atom. The van der Waals surface area contributed by atoms with E-state index in [4.69, 9.17) is 11.6 Å². The quantitative estimate of drug-likeness (QED) is 0.661. The molecule has 0 aromatic heterocycles. The van der Waals surface area contributed by atoms with Gasteiger partial charge in [-0.05, 0) is 31.5 Å². The summed E-state index contributed by atoms with van der Waals surface area (Å²) < 4.78 is 0. The zero-order valence-electron chi connectivity index (χ0n) is 10.9. The summed E-state index contributed by atoms with van der Waals surface area (Å²) in [7, 11) is 0. The molecule has 1 fully saturated rings. The molecule has 1 aliphatic rings. The monoisotopic (exact) mass is 297 g/mol. The lowest BCUT2D eigenvalue weighted by Crippen LogP contribution is -2.41. The normalized spacial score (nSPS) is 19.1. The SMILES string of the molecule is O=C(NC1CCCCNC1)c1cc(Cl)ccc1[N+](=O)[O-]. The van der Waals surface area contributed by atoms with Crippen LogP contribution in [0.1, 0.15) is 29.6 Å². The molecule has 0 bridgehead atoms. The summed E-state index contributed by atoms with van der Waals surface area (Å²) in [4.78, 5) is 22.6. The van der Waals surface area contributed by atoms with Gasteiger partial charge in [0.15, 0.2) is 0 Å². The summed E-state index contributed by atoms with van der Waals surface area (Å²) in [6, 6.07) is 3.98. The number of amides is 1. The van der Waals surface area contributed by atoms with Gasteiger partial charge in [-0.25, -0.2) is 0 Å². The van der Waals surface area contributed by atoms with E-state index < -0.39 is 10.8 Å². The first-order chi connectivity index (χ1) is 9.58. The minimum atomic E-state index is -0.573. The summed E-state index contributed by atoms with van der Waals surface area (Å²) in [6.07, 6.45) is 2.96. The van der Waals surface area contributed by atoms with Crippen molar-refractivity contribution in [2.75, 3.05) is 13.1 Å². The molecule has 6 nitrogen and oxygen atoms in total. The molecule has 1 heterocycles. The van der Waals surface area contributed by atoms with Gasteiger partial charge in [0.2, 0.25) is 0 Å². The number of benzene rings is 1. The molecule has 20 heavy (non-hydrogen) atoms. The molecule has 0 aliphatic carbocycles. The zero-order chi connectivity index (χ0) is 14.5. The van der Waals surface area contributed by atoms with E-state index >= 15 is 0 Å². The highest BCUT2D eigenvalue weighted by atomic mass is 35.5. The summed E-state index contributed by atoms with van der Waals surface area (Å²) in [5.74, 6) is -0.451. The minimum absolute atomic E-state index is 0.00625. The number of rotatable bonds is 3. The highest BCUT2D eigenvalue weighted by Crippen LogP contribution is 2.22. The lowest BCUT2D eigenvalue weighted by Gasteiger charge is -2.16. The molecular weight excluding hydrogens is 282 g/mol. The van der Waals surface area contributed by atoms with Gasteiger partial charge >= 0.3 is 0 Å². The van der Waals surface area contributed by atoms with Gasteiger partial charge in [-0.2, -0.15) is 0 Å². The van der Waals surface area contributed by atoms with Crippen molar-refractivity contribution in [3.05, 3.63) is 38.9 Å². The Bertz CT molecular complexity index is 514. The van der Waals surface area contributed by atoms with E-state index in [0.29, 0.717) is 11.6 Å². The largest absolute Gasteiger partial charge is 0.348 e. The Hall–Kier alpha value is -1.66. The van der Waals surface area contributed by atoms with Crippen LogP contribution in [0.2, 0.25) is 5.02 Å². The van der Waals surface area contributed by atoms with Crippen LogP contribution in [0, 0.1) is 10.1 Å². The van der Waals surface area contributed by atoms with E-state index in [1.54, 1.807) is 0 Å². The van der Waals surface area contributed by atoms with Gasteiger partial charge in [-0.1, -0.05) is 18.0 Å².